The van der Waals surface area contributed by atoms with Crippen LogP contribution < -0.4 is 10.1 Å². The molecule has 114 valence electrons. The van der Waals surface area contributed by atoms with Crippen molar-refractivity contribution in [2.75, 3.05) is 13.2 Å². The summed E-state index contributed by atoms with van der Waals surface area (Å²) in [6, 6.07) is 7.09. The fourth-order valence-corrected chi connectivity index (χ4v) is 2.36. The van der Waals surface area contributed by atoms with Gasteiger partial charge in [-0.15, -0.1) is 0 Å². The molecule has 1 rings (SSSR count). The van der Waals surface area contributed by atoms with Crippen LogP contribution in [0.2, 0.25) is 0 Å². The van der Waals surface area contributed by atoms with Crippen molar-refractivity contribution >= 4 is 0 Å². The van der Waals surface area contributed by atoms with Crippen molar-refractivity contribution in [3.05, 3.63) is 29.3 Å². The third-order valence-corrected chi connectivity index (χ3v) is 3.61. The summed E-state index contributed by atoms with van der Waals surface area (Å²) in [7, 11) is 0. The molecule has 2 nitrogen and oxygen atoms in total. The van der Waals surface area contributed by atoms with Gasteiger partial charge in [-0.05, 0) is 57.2 Å². The van der Waals surface area contributed by atoms with E-state index >= 15 is 0 Å². The molecule has 2 heteroatoms. The average Bonchev–Trinajstić information content (AvgIpc) is 2.39. The molecule has 0 saturated heterocycles. The molecule has 0 saturated carbocycles. The molecule has 1 unspecified atom stereocenters. The van der Waals surface area contributed by atoms with Gasteiger partial charge in [0.05, 0.1) is 6.61 Å². The van der Waals surface area contributed by atoms with E-state index in [0.29, 0.717) is 6.04 Å². The van der Waals surface area contributed by atoms with Crippen LogP contribution in [0.1, 0.15) is 51.7 Å². The third kappa shape index (κ3) is 6.42. The van der Waals surface area contributed by atoms with Crippen molar-refractivity contribution in [3.8, 4) is 5.75 Å². The second-order valence-corrected chi connectivity index (χ2v) is 6.09. The molecule has 0 fully saturated rings. The lowest BCUT2D eigenvalue weighted by Crippen LogP contribution is -2.25. The second kappa shape index (κ2) is 9.02. The van der Waals surface area contributed by atoms with Gasteiger partial charge in [0.15, 0.2) is 0 Å². The fourth-order valence-electron chi connectivity index (χ4n) is 2.36. The van der Waals surface area contributed by atoms with Gasteiger partial charge in [0, 0.05) is 6.04 Å². The standard InChI is InChI=1S/C18H31NO/c1-6-20-18-10-8-16(5)13-17(18)9-7-15(4)11-12-19-14(2)3/h8,10,13-15,19H,6-7,9,11-12H2,1-5H3. The van der Waals surface area contributed by atoms with E-state index in [1.54, 1.807) is 0 Å². The van der Waals surface area contributed by atoms with Crippen LogP contribution in [0.25, 0.3) is 0 Å². The molecule has 20 heavy (non-hydrogen) atoms. The van der Waals surface area contributed by atoms with E-state index in [2.05, 4.69) is 51.2 Å². The Labute approximate surface area is 124 Å². The Morgan fingerprint density at radius 3 is 2.55 bits per heavy atom. The largest absolute Gasteiger partial charge is 0.494 e. The average molecular weight is 277 g/mol. The highest BCUT2D eigenvalue weighted by molar-refractivity contribution is 5.37. The predicted molar refractivity (Wildman–Crippen MR) is 87.6 cm³/mol. The first-order chi connectivity index (χ1) is 9.52. The van der Waals surface area contributed by atoms with Crippen LogP contribution in [0.4, 0.5) is 0 Å². The van der Waals surface area contributed by atoms with Gasteiger partial charge >= 0.3 is 0 Å². The van der Waals surface area contributed by atoms with Crippen molar-refractivity contribution < 1.29 is 4.74 Å². The topological polar surface area (TPSA) is 21.3 Å². The molecule has 0 aliphatic heterocycles. The van der Waals surface area contributed by atoms with E-state index in [0.717, 1.165) is 31.2 Å². The van der Waals surface area contributed by atoms with Crippen LogP contribution in [-0.4, -0.2) is 19.2 Å². The quantitative estimate of drug-likeness (QED) is 0.724. The third-order valence-electron chi connectivity index (χ3n) is 3.61. The van der Waals surface area contributed by atoms with Crippen LogP contribution in [0.5, 0.6) is 5.75 Å². The second-order valence-electron chi connectivity index (χ2n) is 6.09. The molecular weight excluding hydrogens is 246 g/mol. The summed E-state index contributed by atoms with van der Waals surface area (Å²) in [6.07, 6.45) is 3.58. The summed E-state index contributed by atoms with van der Waals surface area (Å²) in [4.78, 5) is 0. The van der Waals surface area contributed by atoms with Gasteiger partial charge in [-0.25, -0.2) is 0 Å². The minimum atomic E-state index is 0.587. The van der Waals surface area contributed by atoms with Crippen molar-refractivity contribution in [1.82, 2.24) is 5.32 Å². The van der Waals surface area contributed by atoms with E-state index < -0.39 is 0 Å². The molecule has 1 aromatic carbocycles. The molecule has 0 aliphatic carbocycles. The van der Waals surface area contributed by atoms with Crippen molar-refractivity contribution in [1.29, 1.82) is 0 Å². The number of rotatable bonds is 9. The lowest BCUT2D eigenvalue weighted by Gasteiger charge is -2.15. The Balaban J connectivity index is 2.45. The van der Waals surface area contributed by atoms with Gasteiger partial charge in [-0.1, -0.05) is 38.5 Å². The van der Waals surface area contributed by atoms with Crippen LogP contribution in [0.15, 0.2) is 18.2 Å². The van der Waals surface area contributed by atoms with Crippen LogP contribution >= 0.6 is 0 Å². The van der Waals surface area contributed by atoms with Gasteiger partial charge in [-0.2, -0.15) is 0 Å². The van der Waals surface area contributed by atoms with Gasteiger partial charge < -0.3 is 10.1 Å². The zero-order valence-electron chi connectivity index (χ0n) is 13.8. The van der Waals surface area contributed by atoms with E-state index in [4.69, 9.17) is 4.74 Å². The number of hydrogen-bond donors (Lipinski definition) is 1. The van der Waals surface area contributed by atoms with Gasteiger partial charge in [-0.3, -0.25) is 0 Å². The number of benzene rings is 1. The van der Waals surface area contributed by atoms with Crippen molar-refractivity contribution in [2.45, 2.75) is 59.9 Å². The SMILES string of the molecule is CCOc1ccc(C)cc1CCC(C)CCNC(C)C. The normalized spacial score (nSPS) is 12.7. The maximum atomic E-state index is 5.72. The maximum Gasteiger partial charge on any atom is 0.122 e. The first-order valence-electron chi connectivity index (χ1n) is 7.98. The van der Waals surface area contributed by atoms with Crippen LogP contribution in [0.3, 0.4) is 0 Å². The van der Waals surface area contributed by atoms with Crippen LogP contribution in [0, 0.1) is 12.8 Å². The first kappa shape index (κ1) is 17.0. The number of hydrogen-bond acceptors (Lipinski definition) is 2. The van der Waals surface area contributed by atoms with E-state index in [9.17, 15) is 0 Å². The number of nitrogens with one attached hydrogen (secondary N) is 1. The molecule has 1 N–H and O–H groups in total. The molecule has 1 atom stereocenters. The minimum Gasteiger partial charge on any atom is -0.494 e. The molecule has 0 aromatic heterocycles. The monoisotopic (exact) mass is 277 g/mol. The first-order valence-corrected chi connectivity index (χ1v) is 7.98. The van der Waals surface area contributed by atoms with E-state index in [1.807, 2.05) is 6.92 Å². The molecule has 0 aliphatic rings. The molecule has 0 spiro atoms. The summed E-state index contributed by atoms with van der Waals surface area (Å²) in [6.45, 7) is 12.8. The Morgan fingerprint density at radius 1 is 1.15 bits per heavy atom. The van der Waals surface area contributed by atoms with Crippen molar-refractivity contribution in [3.63, 3.8) is 0 Å². The highest BCUT2D eigenvalue weighted by atomic mass is 16.5. The minimum absolute atomic E-state index is 0.587. The van der Waals surface area contributed by atoms with Gasteiger partial charge in [0.25, 0.3) is 0 Å². The molecule has 1 aromatic rings. The Hall–Kier alpha value is -1.02. The number of ether oxygens (including phenoxy) is 1. The Bertz CT molecular complexity index is 387. The summed E-state index contributed by atoms with van der Waals surface area (Å²) in [5.74, 6) is 1.81. The van der Waals surface area contributed by atoms with Crippen LogP contribution in [-0.2, 0) is 6.42 Å². The van der Waals surface area contributed by atoms with E-state index in [1.165, 1.54) is 24.0 Å². The smallest absolute Gasteiger partial charge is 0.122 e. The number of aryl methyl sites for hydroxylation is 2. The van der Waals surface area contributed by atoms with E-state index in [-0.39, 0.29) is 0 Å². The molecular formula is C18H31NO. The maximum absolute atomic E-state index is 5.72. The summed E-state index contributed by atoms with van der Waals surface area (Å²) in [5, 5.41) is 3.49. The highest BCUT2D eigenvalue weighted by Gasteiger charge is 2.08. The molecule has 0 bridgehead atoms. The predicted octanol–water partition coefficient (Wildman–Crippen LogP) is 4.35. The fraction of sp³-hybridized carbons (Fsp3) is 0.667. The van der Waals surface area contributed by atoms with Crippen molar-refractivity contribution in [2.24, 2.45) is 5.92 Å². The summed E-state index contributed by atoms with van der Waals surface area (Å²) in [5.41, 5.74) is 2.67. The lowest BCUT2D eigenvalue weighted by atomic mass is 9.97. The summed E-state index contributed by atoms with van der Waals surface area (Å²) < 4.78 is 5.72. The highest BCUT2D eigenvalue weighted by Crippen LogP contribution is 2.23. The zero-order chi connectivity index (χ0) is 15.0. The zero-order valence-corrected chi connectivity index (χ0v) is 13.8. The molecule has 0 amide bonds. The van der Waals surface area contributed by atoms with Gasteiger partial charge in [0.1, 0.15) is 5.75 Å². The Kier molecular flexibility index (Phi) is 7.68. The van der Waals surface area contributed by atoms with Gasteiger partial charge in [0.2, 0.25) is 0 Å². The molecule has 0 radical (unpaired) electrons. The Morgan fingerprint density at radius 2 is 1.90 bits per heavy atom. The summed E-state index contributed by atoms with van der Waals surface area (Å²) >= 11 is 0. The molecule has 0 heterocycles. The lowest BCUT2D eigenvalue weighted by molar-refractivity contribution is 0.335.